The molecule has 0 aliphatic carbocycles. The molecule has 0 unspecified atom stereocenters. The summed E-state index contributed by atoms with van der Waals surface area (Å²) in [6, 6.07) is 5.42. The lowest BCUT2D eigenvalue weighted by atomic mass is 10.0. The molecule has 2 N–H and O–H groups in total. The number of hydrogen-bond acceptors (Lipinski definition) is 4. The zero-order chi connectivity index (χ0) is 13.1. The Kier molecular flexibility index (Phi) is 3.24. The van der Waals surface area contributed by atoms with Gasteiger partial charge in [-0.2, -0.15) is 5.10 Å². The van der Waals surface area contributed by atoms with Crippen LogP contribution in [0.25, 0.3) is 0 Å². The topological polar surface area (TPSA) is 79.9 Å². The van der Waals surface area contributed by atoms with Crippen molar-refractivity contribution in [2.24, 2.45) is 0 Å². The summed E-state index contributed by atoms with van der Waals surface area (Å²) in [6.07, 6.45) is 5.70. The number of nitrogens with zero attached hydrogens (tertiary/aromatic N) is 2. The summed E-state index contributed by atoms with van der Waals surface area (Å²) in [5.74, 6) is -0.165. The SMILES string of the molecule is O=C(N[C@H]1CCO[C@@H]1c1cccnc1)c1ccn[nH]1. The fraction of sp³-hybridized carbons (Fsp3) is 0.308. The van der Waals surface area contributed by atoms with Gasteiger partial charge in [-0.15, -0.1) is 0 Å². The number of aromatic nitrogens is 3. The summed E-state index contributed by atoms with van der Waals surface area (Å²) in [6.45, 7) is 0.632. The molecule has 2 aromatic heterocycles. The van der Waals surface area contributed by atoms with Crippen LogP contribution in [0, 0.1) is 0 Å². The van der Waals surface area contributed by atoms with Crippen molar-refractivity contribution in [3.8, 4) is 0 Å². The zero-order valence-corrected chi connectivity index (χ0v) is 10.2. The van der Waals surface area contributed by atoms with Crippen molar-refractivity contribution in [3.05, 3.63) is 48.0 Å². The van der Waals surface area contributed by atoms with Gasteiger partial charge in [-0.25, -0.2) is 0 Å². The Balaban J connectivity index is 1.72. The summed E-state index contributed by atoms with van der Waals surface area (Å²) in [5, 5.41) is 9.39. The molecule has 6 nitrogen and oxygen atoms in total. The van der Waals surface area contributed by atoms with E-state index in [1.165, 1.54) is 0 Å². The number of amides is 1. The van der Waals surface area contributed by atoms with Gasteiger partial charge in [-0.05, 0) is 18.6 Å². The zero-order valence-electron chi connectivity index (χ0n) is 10.2. The molecule has 3 rings (SSSR count). The number of H-pyrrole nitrogens is 1. The van der Waals surface area contributed by atoms with Crippen molar-refractivity contribution >= 4 is 5.91 Å². The van der Waals surface area contributed by atoms with Gasteiger partial charge in [0.25, 0.3) is 5.91 Å². The molecule has 0 saturated carbocycles. The largest absolute Gasteiger partial charge is 0.371 e. The van der Waals surface area contributed by atoms with Crippen molar-refractivity contribution in [1.29, 1.82) is 0 Å². The second-order valence-corrected chi connectivity index (χ2v) is 4.42. The summed E-state index contributed by atoms with van der Waals surface area (Å²) in [7, 11) is 0. The molecule has 0 aromatic carbocycles. The van der Waals surface area contributed by atoms with Crippen LogP contribution in [-0.2, 0) is 4.74 Å². The summed E-state index contributed by atoms with van der Waals surface area (Å²) in [5.41, 5.74) is 1.44. The van der Waals surface area contributed by atoms with E-state index in [2.05, 4.69) is 20.5 Å². The van der Waals surface area contributed by atoms with Gasteiger partial charge in [-0.1, -0.05) is 6.07 Å². The fourth-order valence-electron chi connectivity index (χ4n) is 2.24. The first-order valence-corrected chi connectivity index (χ1v) is 6.16. The van der Waals surface area contributed by atoms with Crippen LogP contribution in [0.5, 0.6) is 0 Å². The number of aromatic amines is 1. The maximum absolute atomic E-state index is 12.0. The van der Waals surface area contributed by atoms with Crippen molar-refractivity contribution in [1.82, 2.24) is 20.5 Å². The van der Waals surface area contributed by atoms with E-state index in [0.717, 1.165) is 12.0 Å². The van der Waals surface area contributed by atoms with Crippen LogP contribution in [0.3, 0.4) is 0 Å². The smallest absolute Gasteiger partial charge is 0.269 e. The first-order valence-electron chi connectivity index (χ1n) is 6.16. The lowest BCUT2D eigenvalue weighted by Gasteiger charge is -2.19. The predicted octanol–water partition coefficient (Wildman–Crippen LogP) is 1.06. The molecule has 0 radical (unpaired) electrons. The van der Waals surface area contributed by atoms with Gasteiger partial charge in [0.2, 0.25) is 0 Å². The molecule has 6 heteroatoms. The van der Waals surface area contributed by atoms with E-state index in [1.54, 1.807) is 24.7 Å². The van der Waals surface area contributed by atoms with Crippen LogP contribution in [0.4, 0.5) is 0 Å². The Hall–Kier alpha value is -2.21. The molecule has 1 fully saturated rings. The molecule has 1 aliphatic rings. The minimum atomic E-state index is -0.165. The van der Waals surface area contributed by atoms with Gasteiger partial charge >= 0.3 is 0 Å². The maximum atomic E-state index is 12.0. The molecule has 0 bridgehead atoms. The summed E-state index contributed by atoms with van der Waals surface area (Å²) in [4.78, 5) is 16.1. The van der Waals surface area contributed by atoms with Crippen LogP contribution in [0.15, 0.2) is 36.8 Å². The van der Waals surface area contributed by atoms with Crippen LogP contribution in [0.2, 0.25) is 0 Å². The lowest BCUT2D eigenvalue weighted by Crippen LogP contribution is -2.37. The van der Waals surface area contributed by atoms with Crippen LogP contribution >= 0.6 is 0 Å². The quantitative estimate of drug-likeness (QED) is 0.862. The van der Waals surface area contributed by atoms with Gasteiger partial charge < -0.3 is 10.1 Å². The number of carbonyl (C=O) groups excluding carboxylic acids is 1. The highest BCUT2D eigenvalue weighted by Crippen LogP contribution is 2.28. The molecule has 98 valence electrons. The third-order valence-electron chi connectivity index (χ3n) is 3.17. The fourth-order valence-corrected chi connectivity index (χ4v) is 2.24. The van der Waals surface area contributed by atoms with Gasteiger partial charge in [0.15, 0.2) is 0 Å². The lowest BCUT2D eigenvalue weighted by molar-refractivity contribution is 0.0817. The van der Waals surface area contributed by atoms with E-state index in [-0.39, 0.29) is 18.1 Å². The Morgan fingerprint density at radius 3 is 3.11 bits per heavy atom. The molecule has 1 saturated heterocycles. The average molecular weight is 258 g/mol. The van der Waals surface area contributed by atoms with Crippen molar-refractivity contribution in [2.45, 2.75) is 18.6 Å². The summed E-state index contributed by atoms with van der Waals surface area (Å²) >= 11 is 0. The number of carbonyl (C=O) groups is 1. The van der Waals surface area contributed by atoms with E-state index in [1.807, 2.05) is 12.1 Å². The van der Waals surface area contributed by atoms with Crippen molar-refractivity contribution < 1.29 is 9.53 Å². The highest BCUT2D eigenvalue weighted by atomic mass is 16.5. The number of nitrogens with one attached hydrogen (secondary N) is 2. The number of rotatable bonds is 3. The van der Waals surface area contributed by atoms with Crippen LogP contribution in [0.1, 0.15) is 28.6 Å². The van der Waals surface area contributed by atoms with Gasteiger partial charge in [0.1, 0.15) is 11.8 Å². The molecule has 3 heterocycles. The molecule has 2 atom stereocenters. The minimum Gasteiger partial charge on any atom is -0.371 e. The molecular weight excluding hydrogens is 244 g/mol. The Bertz CT molecular complexity index is 541. The van der Waals surface area contributed by atoms with Crippen LogP contribution in [-0.4, -0.2) is 33.7 Å². The van der Waals surface area contributed by atoms with Crippen LogP contribution < -0.4 is 5.32 Å². The monoisotopic (exact) mass is 258 g/mol. The van der Waals surface area contributed by atoms with Gasteiger partial charge in [0, 0.05) is 30.8 Å². The second-order valence-electron chi connectivity index (χ2n) is 4.42. The first kappa shape index (κ1) is 11.9. The highest BCUT2D eigenvalue weighted by molar-refractivity contribution is 5.92. The second kappa shape index (κ2) is 5.19. The standard InChI is InChI=1S/C13H14N4O2/c18-13(11-3-6-15-17-11)16-10-4-7-19-12(10)9-2-1-5-14-8-9/h1-3,5-6,8,10,12H,4,7H2,(H,15,17)(H,16,18)/t10-,12+/m0/s1. The van der Waals surface area contributed by atoms with E-state index in [9.17, 15) is 4.79 Å². The maximum Gasteiger partial charge on any atom is 0.269 e. The Morgan fingerprint density at radius 1 is 1.42 bits per heavy atom. The average Bonchev–Trinajstić information content (AvgIpc) is 3.11. The van der Waals surface area contributed by atoms with Gasteiger partial charge in [0.05, 0.1) is 6.04 Å². The Morgan fingerprint density at radius 2 is 2.37 bits per heavy atom. The minimum absolute atomic E-state index is 0.0417. The van der Waals surface area contributed by atoms with E-state index >= 15 is 0 Å². The molecule has 1 aliphatic heterocycles. The number of ether oxygens (including phenoxy) is 1. The molecule has 19 heavy (non-hydrogen) atoms. The third-order valence-corrected chi connectivity index (χ3v) is 3.17. The molecule has 1 amide bonds. The van der Waals surface area contributed by atoms with Gasteiger partial charge in [-0.3, -0.25) is 14.9 Å². The number of pyridine rings is 1. The van der Waals surface area contributed by atoms with Crippen molar-refractivity contribution in [3.63, 3.8) is 0 Å². The summed E-state index contributed by atoms with van der Waals surface area (Å²) < 4.78 is 5.69. The van der Waals surface area contributed by atoms with E-state index in [4.69, 9.17) is 4.74 Å². The van der Waals surface area contributed by atoms with E-state index < -0.39 is 0 Å². The Labute approximate surface area is 110 Å². The van der Waals surface area contributed by atoms with E-state index in [0.29, 0.717) is 12.3 Å². The number of hydrogen-bond donors (Lipinski definition) is 2. The normalized spacial score (nSPS) is 22.3. The molecule has 2 aromatic rings. The third kappa shape index (κ3) is 2.48. The van der Waals surface area contributed by atoms with Crippen molar-refractivity contribution in [2.75, 3.05) is 6.61 Å². The highest BCUT2D eigenvalue weighted by Gasteiger charge is 2.31. The first-order chi connectivity index (χ1) is 9.34. The predicted molar refractivity (Wildman–Crippen MR) is 67.4 cm³/mol. The molecular formula is C13H14N4O2. The molecule has 0 spiro atoms.